The summed E-state index contributed by atoms with van der Waals surface area (Å²) in [5.41, 5.74) is 0. The average Bonchev–Trinajstić information content (AvgIpc) is 3.33. The summed E-state index contributed by atoms with van der Waals surface area (Å²) < 4.78 is 0. The Balaban J connectivity index is 1.63. The normalized spacial score (nSPS) is 20.1. The molecule has 0 radical (unpaired) electrons. The minimum Gasteiger partial charge on any atom is -0.395 e. The van der Waals surface area contributed by atoms with Crippen molar-refractivity contribution >= 4 is 0 Å². The van der Waals surface area contributed by atoms with Crippen molar-refractivity contribution in [3.05, 3.63) is 0 Å². The van der Waals surface area contributed by atoms with Crippen LogP contribution in [-0.4, -0.2) is 35.7 Å². The summed E-state index contributed by atoms with van der Waals surface area (Å²) in [6, 6.07) is 0.506. The molecule has 2 nitrogen and oxygen atoms in total. The third-order valence-electron chi connectivity index (χ3n) is 5.34. The van der Waals surface area contributed by atoms with Crippen molar-refractivity contribution in [1.29, 1.82) is 0 Å². The van der Waals surface area contributed by atoms with E-state index < -0.39 is 0 Å². The fourth-order valence-corrected chi connectivity index (χ4v) is 3.53. The van der Waals surface area contributed by atoms with Gasteiger partial charge in [-0.25, -0.2) is 0 Å². The molecule has 1 heterocycles. The van der Waals surface area contributed by atoms with Gasteiger partial charge in [0.25, 0.3) is 0 Å². The molecule has 1 N–H and O–H groups in total. The second-order valence-electron chi connectivity index (χ2n) is 7.63. The molecule has 138 valence electrons. The minimum absolute atomic E-state index is 0.360. The van der Waals surface area contributed by atoms with Gasteiger partial charge in [-0.05, 0) is 13.0 Å². The molecule has 2 atom stereocenters. The van der Waals surface area contributed by atoms with E-state index in [2.05, 4.69) is 11.8 Å². The number of hydrogen-bond acceptors (Lipinski definition) is 2. The second kappa shape index (κ2) is 15.4. The summed E-state index contributed by atoms with van der Waals surface area (Å²) in [4.78, 5) is 2.39. The number of hydrogen-bond donors (Lipinski definition) is 1. The molecule has 1 aliphatic heterocycles. The Morgan fingerprint density at radius 2 is 1.04 bits per heavy atom. The molecule has 1 fully saturated rings. The monoisotopic (exact) mass is 325 g/mol. The molecule has 2 unspecified atom stereocenters. The van der Waals surface area contributed by atoms with Crippen molar-refractivity contribution in [3.63, 3.8) is 0 Å². The van der Waals surface area contributed by atoms with Gasteiger partial charge in [-0.2, -0.15) is 0 Å². The number of rotatable bonds is 18. The van der Waals surface area contributed by atoms with Gasteiger partial charge in [0.15, 0.2) is 0 Å². The standard InChI is InChI=1S/C21H43NO/c1-2-3-4-5-6-7-8-9-10-11-12-13-14-15-16-17-18-22-19-21(22)20-23/h21,23H,2-20H2,1H3. The molecule has 0 spiro atoms. The van der Waals surface area contributed by atoms with Crippen LogP contribution in [0.15, 0.2) is 0 Å². The van der Waals surface area contributed by atoms with Crippen molar-refractivity contribution in [1.82, 2.24) is 4.90 Å². The molecule has 1 rings (SSSR count). The first-order chi connectivity index (χ1) is 11.4. The van der Waals surface area contributed by atoms with Crippen LogP contribution in [0.25, 0.3) is 0 Å². The maximum atomic E-state index is 8.97. The molecule has 1 aliphatic rings. The van der Waals surface area contributed by atoms with Crippen molar-refractivity contribution in [3.8, 4) is 0 Å². The molecule has 1 saturated heterocycles. The van der Waals surface area contributed by atoms with Crippen LogP contribution in [0.4, 0.5) is 0 Å². The van der Waals surface area contributed by atoms with Crippen molar-refractivity contribution in [2.45, 2.75) is 116 Å². The van der Waals surface area contributed by atoms with Crippen LogP contribution < -0.4 is 0 Å². The molecule has 2 heteroatoms. The van der Waals surface area contributed by atoms with Crippen LogP contribution >= 0.6 is 0 Å². The first-order valence-corrected chi connectivity index (χ1v) is 10.7. The van der Waals surface area contributed by atoms with E-state index in [1.807, 2.05) is 0 Å². The average molecular weight is 326 g/mol. The topological polar surface area (TPSA) is 23.2 Å². The Kier molecular flexibility index (Phi) is 14.1. The van der Waals surface area contributed by atoms with Gasteiger partial charge < -0.3 is 5.11 Å². The summed E-state index contributed by atoms with van der Waals surface area (Å²) >= 11 is 0. The van der Waals surface area contributed by atoms with Gasteiger partial charge >= 0.3 is 0 Å². The van der Waals surface area contributed by atoms with Gasteiger partial charge in [0, 0.05) is 12.6 Å². The molecule has 0 bridgehead atoms. The molecule has 0 aromatic carbocycles. The van der Waals surface area contributed by atoms with Gasteiger partial charge in [-0.15, -0.1) is 0 Å². The quantitative estimate of drug-likeness (QED) is 0.249. The van der Waals surface area contributed by atoms with Gasteiger partial charge in [0.05, 0.1) is 6.61 Å². The van der Waals surface area contributed by atoms with Crippen molar-refractivity contribution in [2.75, 3.05) is 19.7 Å². The third kappa shape index (κ3) is 12.9. The van der Waals surface area contributed by atoms with Crippen LogP contribution in [0.2, 0.25) is 0 Å². The molecule has 0 amide bonds. The zero-order valence-corrected chi connectivity index (χ0v) is 15.9. The third-order valence-corrected chi connectivity index (χ3v) is 5.34. The summed E-state index contributed by atoms with van der Waals surface area (Å²) in [7, 11) is 0. The van der Waals surface area contributed by atoms with Crippen LogP contribution in [0.5, 0.6) is 0 Å². The lowest BCUT2D eigenvalue weighted by Crippen LogP contribution is -2.06. The Morgan fingerprint density at radius 1 is 0.652 bits per heavy atom. The maximum absolute atomic E-state index is 8.97. The Labute approximate surface area is 146 Å². The summed E-state index contributed by atoms with van der Waals surface area (Å²) in [5.74, 6) is 0. The highest BCUT2D eigenvalue weighted by Gasteiger charge is 2.31. The Hall–Kier alpha value is -0.0800. The van der Waals surface area contributed by atoms with Crippen LogP contribution in [0, 0.1) is 0 Å². The summed E-state index contributed by atoms with van der Waals surface area (Å²) in [5, 5.41) is 8.97. The SMILES string of the molecule is CCCCCCCCCCCCCCCCCCN1CC1CO. The van der Waals surface area contributed by atoms with Gasteiger partial charge in [0.1, 0.15) is 0 Å². The predicted molar refractivity (Wildman–Crippen MR) is 102 cm³/mol. The zero-order chi connectivity index (χ0) is 16.6. The van der Waals surface area contributed by atoms with E-state index in [1.54, 1.807) is 0 Å². The van der Waals surface area contributed by atoms with Crippen LogP contribution in [0.3, 0.4) is 0 Å². The number of nitrogens with zero attached hydrogens (tertiary/aromatic N) is 1. The van der Waals surface area contributed by atoms with Crippen molar-refractivity contribution in [2.24, 2.45) is 0 Å². The van der Waals surface area contributed by atoms with E-state index in [4.69, 9.17) is 5.11 Å². The maximum Gasteiger partial charge on any atom is 0.0599 e. The molecular formula is C21H43NO. The Morgan fingerprint density at radius 3 is 1.39 bits per heavy atom. The lowest BCUT2D eigenvalue weighted by Gasteiger charge is -2.04. The van der Waals surface area contributed by atoms with Gasteiger partial charge in [-0.1, -0.05) is 103 Å². The molecule has 0 aromatic rings. The zero-order valence-electron chi connectivity index (χ0n) is 15.9. The van der Waals surface area contributed by atoms with E-state index in [0.29, 0.717) is 12.6 Å². The Bertz CT molecular complexity index is 244. The highest BCUT2D eigenvalue weighted by atomic mass is 16.3. The van der Waals surface area contributed by atoms with Crippen molar-refractivity contribution < 1.29 is 5.11 Å². The lowest BCUT2D eigenvalue weighted by molar-refractivity contribution is 0.272. The minimum atomic E-state index is 0.360. The van der Waals surface area contributed by atoms with Gasteiger partial charge in [-0.3, -0.25) is 4.90 Å². The first-order valence-electron chi connectivity index (χ1n) is 10.7. The predicted octanol–water partition coefficient (Wildman–Crippen LogP) is 5.92. The number of unbranched alkanes of at least 4 members (excludes halogenated alkanes) is 15. The van der Waals surface area contributed by atoms with E-state index in [0.717, 1.165) is 6.54 Å². The smallest absolute Gasteiger partial charge is 0.0599 e. The lowest BCUT2D eigenvalue weighted by atomic mass is 10.0. The van der Waals surface area contributed by atoms with Crippen LogP contribution in [0.1, 0.15) is 110 Å². The molecule has 0 saturated carbocycles. The fraction of sp³-hybridized carbons (Fsp3) is 1.00. The highest BCUT2D eigenvalue weighted by Crippen LogP contribution is 2.18. The second-order valence-corrected chi connectivity index (χ2v) is 7.63. The molecule has 0 aliphatic carbocycles. The van der Waals surface area contributed by atoms with E-state index in [9.17, 15) is 0 Å². The van der Waals surface area contributed by atoms with E-state index >= 15 is 0 Å². The molecule has 0 aromatic heterocycles. The number of aliphatic hydroxyl groups is 1. The molecular weight excluding hydrogens is 282 g/mol. The molecule has 23 heavy (non-hydrogen) atoms. The number of aliphatic hydroxyl groups excluding tert-OH is 1. The van der Waals surface area contributed by atoms with Gasteiger partial charge in [0.2, 0.25) is 0 Å². The van der Waals surface area contributed by atoms with E-state index in [-0.39, 0.29) is 0 Å². The van der Waals surface area contributed by atoms with E-state index in [1.165, 1.54) is 109 Å². The fourth-order valence-electron chi connectivity index (χ4n) is 3.53. The largest absolute Gasteiger partial charge is 0.395 e. The summed E-state index contributed by atoms with van der Waals surface area (Å²) in [6.07, 6.45) is 23.0. The first kappa shape index (κ1) is 21.0. The highest BCUT2D eigenvalue weighted by molar-refractivity contribution is 4.87. The summed E-state index contributed by atoms with van der Waals surface area (Å²) in [6.45, 7) is 5.00. The van der Waals surface area contributed by atoms with Crippen LogP contribution in [-0.2, 0) is 0 Å².